The molecular formula is C20H15BrO5. The quantitative estimate of drug-likeness (QED) is 0.441. The number of hydrogen-bond donors (Lipinski definition) is 2. The van der Waals surface area contributed by atoms with Crippen LogP contribution in [0.3, 0.4) is 0 Å². The number of phenolic OH excluding ortho intramolecular Hbond substituents is 2. The van der Waals surface area contributed by atoms with Crippen molar-refractivity contribution in [3.05, 3.63) is 82.2 Å². The van der Waals surface area contributed by atoms with Gasteiger partial charge in [-0.05, 0) is 54.6 Å². The van der Waals surface area contributed by atoms with Crippen LogP contribution in [0.15, 0.2) is 69.6 Å². The third kappa shape index (κ3) is 4.55. The van der Waals surface area contributed by atoms with Crippen molar-refractivity contribution in [2.24, 2.45) is 0 Å². The van der Waals surface area contributed by atoms with E-state index in [0.29, 0.717) is 17.3 Å². The van der Waals surface area contributed by atoms with Gasteiger partial charge in [0.05, 0.1) is 5.56 Å². The highest BCUT2D eigenvalue weighted by Crippen LogP contribution is 2.24. The first-order chi connectivity index (χ1) is 12.5. The normalized spacial score (nSPS) is 11.0. The maximum Gasteiger partial charge on any atom is 0.189 e. The largest absolute Gasteiger partial charge is 0.508 e. The van der Waals surface area contributed by atoms with Crippen LogP contribution in [0.25, 0.3) is 6.08 Å². The van der Waals surface area contributed by atoms with E-state index in [0.717, 1.165) is 10.5 Å². The van der Waals surface area contributed by atoms with E-state index < -0.39 is 5.78 Å². The zero-order chi connectivity index (χ0) is 18.5. The molecule has 0 unspecified atom stereocenters. The van der Waals surface area contributed by atoms with Crippen molar-refractivity contribution in [2.45, 2.75) is 6.61 Å². The number of carbonyl (C=O) groups is 1. The van der Waals surface area contributed by atoms with Crippen LogP contribution in [0.4, 0.5) is 0 Å². The van der Waals surface area contributed by atoms with E-state index in [4.69, 9.17) is 9.15 Å². The Morgan fingerprint density at radius 2 is 1.96 bits per heavy atom. The molecule has 1 aromatic heterocycles. The van der Waals surface area contributed by atoms with Gasteiger partial charge in [0.2, 0.25) is 0 Å². The lowest BCUT2D eigenvalue weighted by atomic mass is 10.1. The molecule has 2 aromatic carbocycles. The lowest BCUT2D eigenvalue weighted by Gasteiger charge is -2.04. The SMILES string of the molecule is O=C(/C=C/c1ccc(COc2cccc(Br)c2)o1)c1ccc(O)cc1O. The standard InChI is InChI=1S/C20H15BrO5/c21-13-2-1-3-16(10-13)25-12-17-6-5-15(26-17)7-9-19(23)18-8-4-14(22)11-20(18)24/h1-11,22,24H,12H2/b9-7+. The van der Waals surface area contributed by atoms with Crippen molar-refractivity contribution < 1.29 is 24.2 Å². The summed E-state index contributed by atoms with van der Waals surface area (Å²) >= 11 is 3.38. The molecule has 0 bridgehead atoms. The second kappa shape index (κ2) is 7.93. The van der Waals surface area contributed by atoms with Gasteiger partial charge in [0.25, 0.3) is 0 Å². The smallest absolute Gasteiger partial charge is 0.189 e. The number of hydrogen-bond acceptors (Lipinski definition) is 5. The Bertz CT molecular complexity index is 958. The van der Waals surface area contributed by atoms with Crippen LogP contribution in [0.5, 0.6) is 17.2 Å². The number of allylic oxidation sites excluding steroid dienone is 1. The molecule has 2 N–H and O–H groups in total. The molecule has 0 saturated carbocycles. The maximum absolute atomic E-state index is 12.1. The molecule has 1 heterocycles. The number of halogens is 1. The average Bonchev–Trinajstić information content (AvgIpc) is 3.06. The van der Waals surface area contributed by atoms with Gasteiger partial charge >= 0.3 is 0 Å². The molecule has 3 aromatic rings. The van der Waals surface area contributed by atoms with Gasteiger partial charge in [-0.1, -0.05) is 22.0 Å². The highest BCUT2D eigenvalue weighted by atomic mass is 79.9. The molecule has 0 spiro atoms. The van der Waals surface area contributed by atoms with Crippen LogP contribution in [-0.2, 0) is 6.61 Å². The third-order valence-corrected chi connectivity index (χ3v) is 4.00. The molecule has 0 radical (unpaired) electrons. The van der Waals surface area contributed by atoms with E-state index >= 15 is 0 Å². The summed E-state index contributed by atoms with van der Waals surface area (Å²) in [6.07, 6.45) is 2.81. The Balaban J connectivity index is 1.62. The van der Waals surface area contributed by atoms with E-state index in [1.807, 2.05) is 24.3 Å². The summed E-state index contributed by atoms with van der Waals surface area (Å²) in [5.41, 5.74) is 0.101. The van der Waals surface area contributed by atoms with Crippen LogP contribution in [0.1, 0.15) is 21.9 Å². The fourth-order valence-corrected chi connectivity index (χ4v) is 2.63. The van der Waals surface area contributed by atoms with Gasteiger partial charge in [0.1, 0.15) is 35.4 Å². The van der Waals surface area contributed by atoms with E-state index in [9.17, 15) is 15.0 Å². The van der Waals surface area contributed by atoms with Crippen molar-refractivity contribution >= 4 is 27.8 Å². The van der Waals surface area contributed by atoms with Gasteiger partial charge in [-0.3, -0.25) is 4.79 Å². The molecular weight excluding hydrogens is 400 g/mol. The first-order valence-electron chi connectivity index (χ1n) is 7.73. The van der Waals surface area contributed by atoms with Crippen molar-refractivity contribution in [2.75, 3.05) is 0 Å². The second-order valence-corrected chi connectivity index (χ2v) is 6.36. The van der Waals surface area contributed by atoms with Gasteiger partial charge in [0, 0.05) is 10.5 Å². The summed E-state index contributed by atoms with van der Waals surface area (Å²) < 4.78 is 12.2. The predicted octanol–water partition coefficient (Wildman–Crippen LogP) is 4.93. The Kier molecular flexibility index (Phi) is 5.43. The minimum absolute atomic E-state index is 0.101. The number of rotatable bonds is 6. The molecule has 5 nitrogen and oxygen atoms in total. The van der Waals surface area contributed by atoms with Crippen molar-refractivity contribution in [3.8, 4) is 17.2 Å². The maximum atomic E-state index is 12.1. The Hall–Kier alpha value is -2.99. The number of furan rings is 1. The van der Waals surface area contributed by atoms with Gasteiger partial charge < -0.3 is 19.4 Å². The number of ketones is 1. The highest BCUT2D eigenvalue weighted by molar-refractivity contribution is 9.10. The van der Waals surface area contributed by atoms with Crippen molar-refractivity contribution in [3.63, 3.8) is 0 Å². The van der Waals surface area contributed by atoms with Gasteiger partial charge in [-0.25, -0.2) is 0 Å². The zero-order valence-corrected chi connectivity index (χ0v) is 15.1. The summed E-state index contributed by atoms with van der Waals surface area (Å²) in [4.78, 5) is 12.1. The van der Waals surface area contributed by atoms with Crippen LogP contribution < -0.4 is 4.74 Å². The number of carbonyl (C=O) groups excluding carboxylic acids is 1. The van der Waals surface area contributed by atoms with Crippen molar-refractivity contribution in [1.29, 1.82) is 0 Å². The lowest BCUT2D eigenvalue weighted by molar-refractivity contribution is 0.104. The van der Waals surface area contributed by atoms with Crippen molar-refractivity contribution in [1.82, 2.24) is 0 Å². The first kappa shape index (κ1) is 17.8. The molecule has 6 heteroatoms. The summed E-state index contributed by atoms with van der Waals surface area (Å²) in [5, 5.41) is 19.0. The summed E-state index contributed by atoms with van der Waals surface area (Å²) in [5.74, 6) is 1.04. The second-order valence-electron chi connectivity index (χ2n) is 5.45. The van der Waals surface area contributed by atoms with Crippen LogP contribution in [-0.4, -0.2) is 16.0 Å². The fourth-order valence-electron chi connectivity index (χ4n) is 2.25. The van der Waals surface area contributed by atoms with Crippen LogP contribution in [0, 0.1) is 0 Å². The van der Waals surface area contributed by atoms with Gasteiger partial charge in [0.15, 0.2) is 5.78 Å². The topological polar surface area (TPSA) is 79.9 Å². The minimum Gasteiger partial charge on any atom is -0.508 e. The summed E-state index contributed by atoms with van der Waals surface area (Å²) in [6.45, 7) is 0.261. The molecule has 132 valence electrons. The molecule has 0 saturated heterocycles. The highest BCUT2D eigenvalue weighted by Gasteiger charge is 2.09. The molecule has 0 amide bonds. The first-order valence-corrected chi connectivity index (χ1v) is 8.52. The number of ether oxygens (including phenoxy) is 1. The van der Waals surface area contributed by atoms with Crippen LogP contribution >= 0.6 is 15.9 Å². The molecule has 0 aliphatic heterocycles. The van der Waals surface area contributed by atoms with Gasteiger partial charge in [-0.15, -0.1) is 0 Å². The number of benzene rings is 2. The Morgan fingerprint density at radius 1 is 1.12 bits per heavy atom. The van der Waals surface area contributed by atoms with E-state index in [1.54, 1.807) is 12.1 Å². The van der Waals surface area contributed by atoms with Crippen LogP contribution in [0.2, 0.25) is 0 Å². The number of phenols is 2. The van der Waals surface area contributed by atoms with E-state index in [-0.39, 0.29) is 23.7 Å². The predicted molar refractivity (Wildman–Crippen MR) is 100 cm³/mol. The van der Waals surface area contributed by atoms with E-state index in [2.05, 4.69) is 15.9 Å². The molecule has 0 atom stereocenters. The molecule has 0 fully saturated rings. The Morgan fingerprint density at radius 3 is 2.73 bits per heavy atom. The average molecular weight is 415 g/mol. The molecule has 0 aliphatic rings. The number of aromatic hydroxyl groups is 2. The zero-order valence-electron chi connectivity index (χ0n) is 13.6. The monoisotopic (exact) mass is 414 g/mol. The lowest BCUT2D eigenvalue weighted by Crippen LogP contribution is -1.94. The van der Waals surface area contributed by atoms with Gasteiger partial charge in [-0.2, -0.15) is 0 Å². The third-order valence-electron chi connectivity index (χ3n) is 3.51. The summed E-state index contributed by atoms with van der Waals surface area (Å²) in [7, 11) is 0. The Labute approximate surface area is 158 Å². The van der Waals surface area contributed by atoms with E-state index in [1.165, 1.54) is 24.3 Å². The molecule has 26 heavy (non-hydrogen) atoms. The summed E-state index contributed by atoms with van der Waals surface area (Å²) in [6, 6.07) is 14.8. The molecule has 3 rings (SSSR count). The minimum atomic E-state index is -0.397. The molecule has 0 aliphatic carbocycles. The fraction of sp³-hybridized carbons (Fsp3) is 0.0500.